The zero-order chi connectivity index (χ0) is 12.1. The molecule has 0 spiro atoms. The molecule has 1 N–H and O–H groups in total. The lowest BCUT2D eigenvalue weighted by atomic mass is 10.1. The van der Waals surface area contributed by atoms with Crippen molar-refractivity contribution in [2.75, 3.05) is 6.54 Å². The van der Waals surface area contributed by atoms with Crippen molar-refractivity contribution < 1.29 is 9.72 Å². The molecule has 0 fully saturated rings. The molecule has 5 nitrogen and oxygen atoms in total. The molecule has 1 aromatic carbocycles. The fourth-order valence-electron chi connectivity index (χ4n) is 1.18. The Hall–Kier alpha value is -2.35. The number of terminal acetylenes is 1. The number of rotatable bonds is 3. The van der Waals surface area contributed by atoms with Crippen LogP contribution in [0, 0.1) is 29.4 Å². The van der Waals surface area contributed by atoms with E-state index < -0.39 is 10.8 Å². The van der Waals surface area contributed by atoms with E-state index in [9.17, 15) is 14.9 Å². The Balaban J connectivity index is 2.99. The summed E-state index contributed by atoms with van der Waals surface area (Å²) in [4.78, 5) is 21.6. The molecule has 0 saturated carbocycles. The van der Waals surface area contributed by atoms with Gasteiger partial charge in [0, 0.05) is 17.2 Å². The highest BCUT2D eigenvalue weighted by Gasteiger charge is 2.14. The number of nitrogens with zero attached hydrogens (tertiary/aromatic N) is 1. The molecule has 0 aliphatic rings. The standard InChI is InChI=1S/C11H10N2O3/c1-3-6-12-11(14)9-5-4-8(2)10(7-9)13(15)16/h1,4-5,7H,6H2,2H3,(H,12,14). The molecule has 16 heavy (non-hydrogen) atoms. The van der Waals surface area contributed by atoms with E-state index in [1.54, 1.807) is 6.92 Å². The van der Waals surface area contributed by atoms with E-state index in [1.807, 2.05) is 0 Å². The third kappa shape index (κ3) is 2.58. The van der Waals surface area contributed by atoms with Crippen molar-refractivity contribution in [3.63, 3.8) is 0 Å². The van der Waals surface area contributed by atoms with Crippen LogP contribution in [0.1, 0.15) is 15.9 Å². The van der Waals surface area contributed by atoms with E-state index in [1.165, 1.54) is 18.2 Å². The van der Waals surface area contributed by atoms with E-state index >= 15 is 0 Å². The van der Waals surface area contributed by atoms with Crippen molar-refractivity contribution in [2.24, 2.45) is 0 Å². The Morgan fingerprint density at radius 3 is 2.88 bits per heavy atom. The number of nitrogens with one attached hydrogen (secondary N) is 1. The van der Waals surface area contributed by atoms with Crippen molar-refractivity contribution in [1.82, 2.24) is 5.32 Å². The molecule has 0 saturated heterocycles. The van der Waals surface area contributed by atoms with Crippen molar-refractivity contribution in [3.8, 4) is 12.3 Å². The molecule has 0 heterocycles. The largest absolute Gasteiger partial charge is 0.341 e. The summed E-state index contributed by atoms with van der Waals surface area (Å²) in [5, 5.41) is 13.1. The Labute approximate surface area is 92.6 Å². The van der Waals surface area contributed by atoms with Gasteiger partial charge in [0.1, 0.15) is 0 Å². The minimum absolute atomic E-state index is 0.0756. The Bertz CT molecular complexity index is 475. The molecule has 5 heteroatoms. The van der Waals surface area contributed by atoms with Gasteiger partial charge >= 0.3 is 0 Å². The van der Waals surface area contributed by atoms with Gasteiger partial charge in [-0.15, -0.1) is 6.42 Å². The summed E-state index contributed by atoms with van der Waals surface area (Å²) in [5.41, 5.74) is 0.666. The highest BCUT2D eigenvalue weighted by molar-refractivity contribution is 5.95. The van der Waals surface area contributed by atoms with Gasteiger partial charge in [-0.3, -0.25) is 14.9 Å². The molecule has 0 aliphatic carbocycles. The van der Waals surface area contributed by atoms with Crippen LogP contribution in [0.15, 0.2) is 18.2 Å². The molecule has 0 atom stereocenters. The molecular formula is C11H10N2O3. The summed E-state index contributed by atoms with van der Waals surface area (Å²) in [6.45, 7) is 1.71. The highest BCUT2D eigenvalue weighted by Crippen LogP contribution is 2.18. The maximum Gasteiger partial charge on any atom is 0.273 e. The molecule has 1 rings (SSSR count). The van der Waals surface area contributed by atoms with Gasteiger partial charge in [-0.1, -0.05) is 12.0 Å². The summed E-state index contributed by atoms with van der Waals surface area (Å²) in [7, 11) is 0. The summed E-state index contributed by atoms with van der Waals surface area (Å²) in [6.07, 6.45) is 4.98. The first-order chi connectivity index (χ1) is 7.56. The number of carbonyl (C=O) groups is 1. The zero-order valence-electron chi connectivity index (χ0n) is 8.69. The molecule has 0 aliphatic heterocycles. The van der Waals surface area contributed by atoms with Crippen LogP contribution in [-0.4, -0.2) is 17.4 Å². The summed E-state index contributed by atoms with van der Waals surface area (Å²) < 4.78 is 0. The van der Waals surface area contributed by atoms with Crippen LogP contribution in [-0.2, 0) is 0 Å². The molecule has 0 bridgehead atoms. The number of hydrogen-bond donors (Lipinski definition) is 1. The minimum atomic E-state index is -0.521. The lowest BCUT2D eigenvalue weighted by Crippen LogP contribution is -2.23. The maximum atomic E-state index is 11.5. The van der Waals surface area contributed by atoms with Gasteiger partial charge in [0.25, 0.3) is 11.6 Å². The van der Waals surface area contributed by atoms with Gasteiger partial charge in [0.15, 0.2) is 0 Å². The predicted octanol–water partition coefficient (Wildman–Crippen LogP) is 1.27. The Kier molecular flexibility index (Phi) is 3.62. The van der Waals surface area contributed by atoms with E-state index in [0.717, 1.165) is 0 Å². The predicted molar refractivity (Wildman–Crippen MR) is 59.0 cm³/mol. The molecule has 1 amide bonds. The normalized spacial score (nSPS) is 9.25. The van der Waals surface area contributed by atoms with Gasteiger partial charge in [-0.25, -0.2) is 0 Å². The number of hydrogen-bond acceptors (Lipinski definition) is 3. The van der Waals surface area contributed by atoms with E-state index in [2.05, 4.69) is 11.2 Å². The highest BCUT2D eigenvalue weighted by atomic mass is 16.6. The first-order valence-corrected chi connectivity index (χ1v) is 4.53. The molecule has 0 radical (unpaired) electrons. The minimum Gasteiger partial charge on any atom is -0.341 e. The quantitative estimate of drug-likeness (QED) is 0.471. The maximum absolute atomic E-state index is 11.5. The van der Waals surface area contributed by atoms with Crippen LogP contribution >= 0.6 is 0 Å². The van der Waals surface area contributed by atoms with Crippen molar-refractivity contribution in [2.45, 2.75) is 6.92 Å². The third-order valence-electron chi connectivity index (χ3n) is 2.02. The summed E-state index contributed by atoms with van der Waals surface area (Å²) >= 11 is 0. The van der Waals surface area contributed by atoms with Crippen LogP contribution in [0.2, 0.25) is 0 Å². The summed E-state index contributed by atoms with van der Waals surface area (Å²) in [6, 6.07) is 4.29. The molecule has 82 valence electrons. The Morgan fingerprint density at radius 2 is 2.31 bits per heavy atom. The monoisotopic (exact) mass is 218 g/mol. The number of amides is 1. The number of aryl methyl sites for hydroxylation is 1. The SMILES string of the molecule is C#CCNC(=O)c1ccc(C)c([N+](=O)[O-])c1. The number of carbonyl (C=O) groups excluding carboxylic acids is 1. The van der Waals surface area contributed by atoms with E-state index in [4.69, 9.17) is 6.42 Å². The van der Waals surface area contributed by atoms with E-state index in [0.29, 0.717) is 5.56 Å². The van der Waals surface area contributed by atoms with Crippen LogP contribution in [0.3, 0.4) is 0 Å². The molecule has 0 unspecified atom stereocenters. The summed E-state index contributed by atoms with van der Waals surface area (Å²) in [5.74, 6) is 1.84. The first kappa shape index (κ1) is 11.7. The topological polar surface area (TPSA) is 72.2 Å². The van der Waals surface area contributed by atoms with Gasteiger partial charge in [-0.2, -0.15) is 0 Å². The van der Waals surface area contributed by atoms with Crippen LogP contribution in [0.4, 0.5) is 5.69 Å². The van der Waals surface area contributed by atoms with E-state index in [-0.39, 0.29) is 17.8 Å². The smallest absolute Gasteiger partial charge is 0.273 e. The lowest BCUT2D eigenvalue weighted by Gasteiger charge is -2.02. The Morgan fingerprint density at radius 1 is 1.62 bits per heavy atom. The second-order valence-corrected chi connectivity index (χ2v) is 3.15. The van der Waals surface area contributed by atoms with Gasteiger partial charge in [0.2, 0.25) is 0 Å². The molecular weight excluding hydrogens is 208 g/mol. The van der Waals surface area contributed by atoms with Crippen LogP contribution in [0.25, 0.3) is 0 Å². The fourth-order valence-corrected chi connectivity index (χ4v) is 1.18. The molecule has 0 aromatic heterocycles. The average Bonchev–Trinajstić information content (AvgIpc) is 2.26. The zero-order valence-corrected chi connectivity index (χ0v) is 8.69. The first-order valence-electron chi connectivity index (χ1n) is 4.53. The van der Waals surface area contributed by atoms with Gasteiger partial charge in [-0.05, 0) is 13.0 Å². The second-order valence-electron chi connectivity index (χ2n) is 3.15. The fraction of sp³-hybridized carbons (Fsp3) is 0.182. The number of benzene rings is 1. The van der Waals surface area contributed by atoms with Crippen molar-refractivity contribution >= 4 is 11.6 Å². The molecule has 1 aromatic rings. The van der Waals surface area contributed by atoms with Gasteiger partial charge < -0.3 is 5.32 Å². The van der Waals surface area contributed by atoms with Crippen molar-refractivity contribution in [1.29, 1.82) is 0 Å². The second kappa shape index (κ2) is 4.94. The van der Waals surface area contributed by atoms with Gasteiger partial charge in [0.05, 0.1) is 11.5 Å². The number of nitro benzene ring substituents is 1. The van der Waals surface area contributed by atoms with Crippen molar-refractivity contribution in [3.05, 3.63) is 39.4 Å². The van der Waals surface area contributed by atoms with Crippen LogP contribution < -0.4 is 5.32 Å². The number of nitro groups is 1. The average molecular weight is 218 g/mol. The van der Waals surface area contributed by atoms with Crippen LogP contribution in [0.5, 0.6) is 0 Å². The third-order valence-corrected chi connectivity index (χ3v) is 2.02. The lowest BCUT2D eigenvalue weighted by molar-refractivity contribution is -0.385.